The van der Waals surface area contributed by atoms with Crippen molar-refractivity contribution in [1.82, 2.24) is 0 Å². The minimum atomic E-state index is -0.570. The van der Waals surface area contributed by atoms with Gasteiger partial charge in [0.2, 0.25) is 0 Å². The van der Waals surface area contributed by atoms with Crippen LogP contribution in [-0.2, 0) is 19.1 Å². The fourth-order valence-corrected chi connectivity index (χ4v) is 3.62. The van der Waals surface area contributed by atoms with E-state index in [9.17, 15) is 14.4 Å². The number of benzene rings is 1. The van der Waals surface area contributed by atoms with Crippen LogP contribution in [0.1, 0.15) is 29.1 Å². The first-order valence-corrected chi connectivity index (χ1v) is 9.52. The number of nitrogens with zero attached hydrogens (tertiary/aromatic N) is 1. The van der Waals surface area contributed by atoms with E-state index in [0.717, 1.165) is 4.88 Å². The first-order valence-electron chi connectivity index (χ1n) is 8.64. The summed E-state index contributed by atoms with van der Waals surface area (Å²) in [6.07, 6.45) is 1.69. The Morgan fingerprint density at radius 2 is 1.86 bits per heavy atom. The van der Waals surface area contributed by atoms with Gasteiger partial charge in [-0.1, -0.05) is 6.07 Å². The summed E-state index contributed by atoms with van der Waals surface area (Å²) in [7, 11) is 1.28. The second-order valence-electron chi connectivity index (χ2n) is 5.93. The van der Waals surface area contributed by atoms with Gasteiger partial charge in [0.1, 0.15) is 0 Å². The van der Waals surface area contributed by atoms with Crippen LogP contribution >= 0.6 is 11.3 Å². The fraction of sp³-hybridized carbons (Fsp3) is 0.190. The lowest BCUT2D eigenvalue weighted by Gasteiger charge is -2.18. The summed E-state index contributed by atoms with van der Waals surface area (Å²) >= 11 is 1.47. The van der Waals surface area contributed by atoms with E-state index in [-0.39, 0.29) is 23.7 Å². The lowest BCUT2D eigenvalue weighted by Crippen LogP contribution is -2.24. The van der Waals surface area contributed by atoms with Crippen molar-refractivity contribution in [3.8, 4) is 0 Å². The van der Waals surface area contributed by atoms with Crippen molar-refractivity contribution in [3.05, 3.63) is 69.1 Å². The van der Waals surface area contributed by atoms with Crippen molar-refractivity contribution in [2.75, 3.05) is 18.6 Å². The molecule has 1 aliphatic rings. The van der Waals surface area contributed by atoms with E-state index >= 15 is 0 Å². The summed E-state index contributed by atoms with van der Waals surface area (Å²) in [5.41, 5.74) is 1.92. The summed E-state index contributed by atoms with van der Waals surface area (Å²) < 4.78 is 9.87. The number of anilines is 1. The summed E-state index contributed by atoms with van der Waals surface area (Å²) in [6, 6.07) is 10.2. The van der Waals surface area contributed by atoms with Crippen molar-refractivity contribution < 1.29 is 23.9 Å². The molecule has 0 saturated carbocycles. The highest BCUT2D eigenvalue weighted by atomic mass is 32.1. The average Bonchev–Trinajstić information content (AvgIpc) is 3.29. The Labute approximate surface area is 166 Å². The molecule has 1 aliphatic heterocycles. The van der Waals surface area contributed by atoms with Gasteiger partial charge in [-0.2, -0.15) is 0 Å². The number of allylic oxidation sites excluding steroid dienone is 1. The Hall–Kier alpha value is -3.19. The molecule has 0 radical (unpaired) electrons. The average molecular weight is 397 g/mol. The van der Waals surface area contributed by atoms with Gasteiger partial charge < -0.3 is 9.47 Å². The molecule has 0 N–H and O–H groups in total. The lowest BCUT2D eigenvalue weighted by atomic mass is 10.1. The third-order valence-electron chi connectivity index (χ3n) is 4.26. The maximum absolute atomic E-state index is 13.1. The van der Waals surface area contributed by atoms with E-state index in [2.05, 4.69) is 0 Å². The maximum Gasteiger partial charge on any atom is 0.340 e. The van der Waals surface area contributed by atoms with Crippen LogP contribution in [0.5, 0.6) is 0 Å². The molecule has 0 bridgehead atoms. The zero-order valence-electron chi connectivity index (χ0n) is 15.7. The monoisotopic (exact) mass is 397 g/mol. The smallest absolute Gasteiger partial charge is 0.340 e. The van der Waals surface area contributed by atoms with Crippen molar-refractivity contribution in [2.45, 2.75) is 13.8 Å². The highest BCUT2D eigenvalue weighted by Gasteiger charge is 2.38. The Morgan fingerprint density at radius 3 is 2.43 bits per heavy atom. The van der Waals surface area contributed by atoms with Crippen LogP contribution in [0.2, 0.25) is 0 Å². The van der Waals surface area contributed by atoms with Gasteiger partial charge in [0, 0.05) is 16.3 Å². The van der Waals surface area contributed by atoms with Gasteiger partial charge in [-0.05, 0) is 55.6 Å². The van der Waals surface area contributed by atoms with Crippen molar-refractivity contribution in [1.29, 1.82) is 0 Å². The molecule has 0 spiro atoms. The molecule has 7 heteroatoms. The van der Waals surface area contributed by atoms with Crippen molar-refractivity contribution in [2.24, 2.45) is 0 Å². The molecule has 0 saturated heterocycles. The standard InChI is InChI=1S/C21H19NO5S/c1-4-27-20(24)14-7-9-15(10-8-14)22-13(2)18(21(25)26-3)17(19(22)23)12-16-6-5-11-28-16/h5-12H,4H2,1-3H3. The summed E-state index contributed by atoms with van der Waals surface area (Å²) in [6.45, 7) is 3.71. The van der Waals surface area contributed by atoms with Gasteiger partial charge in [-0.15, -0.1) is 11.3 Å². The number of rotatable bonds is 5. The largest absolute Gasteiger partial charge is 0.465 e. The predicted octanol–water partition coefficient (Wildman–Crippen LogP) is 3.80. The van der Waals surface area contributed by atoms with Crippen LogP contribution in [0.15, 0.2) is 58.6 Å². The molecule has 1 aromatic carbocycles. The number of hydrogen-bond acceptors (Lipinski definition) is 6. The highest BCUT2D eigenvalue weighted by molar-refractivity contribution is 7.10. The van der Waals surface area contributed by atoms with E-state index in [4.69, 9.17) is 9.47 Å². The molecule has 0 atom stereocenters. The normalized spacial score (nSPS) is 15.3. The van der Waals surface area contributed by atoms with Crippen LogP contribution in [0.4, 0.5) is 5.69 Å². The molecule has 6 nitrogen and oxygen atoms in total. The Balaban J connectivity index is 2.02. The SMILES string of the molecule is CCOC(=O)c1ccc(N2C(=O)C(=Cc3cccs3)C(C(=O)OC)=C2C)cc1. The van der Waals surface area contributed by atoms with Crippen LogP contribution in [0.25, 0.3) is 6.08 Å². The molecule has 1 amide bonds. The lowest BCUT2D eigenvalue weighted by molar-refractivity contribution is -0.136. The zero-order valence-corrected chi connectivity index (χ0v) is 16.5. The van der Waals surface area contributed by atoms with Gasteiger partial charge in [-0.25, -0.2) is 9.59 Å². The number of carbonyl (C=O) groups is 3. The van der Waals surface area contributed by atoms with Crippen molar-refractivity contribution >= 4 is 40.9 Å². The number of hydrogen-bond donors (Lipinski definition) is 0. The minimum absolute atomic E-state index is 0.232. The second-order valence-corrected chi connectivity index (χ2v) is 6.91. The number of carbonyl (C=O) groups excluding carboxylic acids is 3. The van der Waals surface area contributed by atoms with Crippen molar-refractivity contribution in [3.63, 3.8) is 0 Å². The van der Waals surface area contributed by atoms with Gasteiger partial charge in [0.25, 0.3) is 5.91 Å². The van der Waals surface area contributed by atoms with Crippen LogP contribution in [0.3, 0.4) is 0 Å². The summed E-state index contributed by atoms with van der Waals surface area (Å²) in [5, 5.41) is 1.89. The quantitative estimate of drug-likeness (QED) is 0.567. The van der Waals surface area contributed by atoms with E-state index in [1.807, 2.05) is 17.5 Å². The molecule has 2 aromatic rings. The predicted molar refractivity (Wildman–Crippen MR) is 107 cm³/mol. The van der Waals surface area contributed by atoms with Crippen LogP contribution < -0.4 is 4.90 Å². The van der Waals surface area contributed by atoms with E-state index in [1.165, 1.54) is 23.3 Å². The molecule has 0 unspecified atom stereocenters. The number of esters is 2. The zero-order chi connectivity index (χ0) is 20.3. The fourth-order valence-electron chi connectivity index (χ4n) is 2.97. The molecule has 0 fully saturated rings. The van der Waals surface area contributed by atoms with E-state index < -0.39 is 11.9 Å². The Bertz CT molecular complexity index is 971. The minimum Gasteiger partial charge on any atom is -0.465 e. The number of ether oxygens (including phenoxy) is 2. The van der Waals surface area contributed by atoms with Gasteiger partial charge in [-0.3, -0.25) is 9.69 Å². The topological polar surface area (TPSA) is 72.9 Å². The number of amides is 1. The first-order chi connectivity index (χ1) is 13.5. The van der Waals surface area contributed by atoms with Crippen LogP contribution in [-0.4, -0.2) is 31.6 Å². The molecular formula is C21H19NO5S. The maximum atomic E-state index is 13.1. The molecule has 2 heterocycles. The summed E-state index contributed by atoms with van der Waals surface area (Å²) in [5.74, 6) is -1.32. The van der Waals surface area contributed by atoms with Gasteiger partial charge in [0.05, 0.1) is 30.4 Å². The van der Waals surface area contributed by atoms with Crippen LogP contribution in [0, 0.1) is 0 Å². The summed E-state index contributed by atoms with van der Waals surface area (Å²) in [4.78, 5) is 39.6. The highest BCUT2D eigenvalue weighted by Crippen LogP contribution is 2.36. The van der Waals surface area contributed by atoms with Gasteiger partial charge >= 0.3 is 11.9 Å². The molecule has 1 aromatic heterocycles. The van der Waals surface area contributed by atoms with E-state index in [1.54, 1.807) is 44.2 Å². The third-order valence-corrected chi connectivity index (χ3v) is 5.08. The molecule has 3 rings (SSSR count). The van der Waals surface area contributed by atoms with E-state index in [0.29, 0.717) is 16.9 Å². The molecule has 144 valence electrons. The van der Waals surface area contributed by atoms with Gasteiger partial charge in [0.15, 0.2) is 0 Å². The number of methoxy groups -OCH3 is 1. The molecule has 28 heavy (non-hydrogen) atoms. The molecular weight excluding hydrogens is 378 g/mol. The Morgan fingerprint density at radius 1 is 1.14 bits per heavy atom. The molecule has 0 aliphatic carbocycles. The third kappa shape index (κ3) is 3.61. The first kappa shape index (κ1) is 19.6. The Kier molecular flexibility index (Phi) is 5.75. The number of thiophene rings is 1. The second kappa shape index (κ2) is 8.22.